The summed E-state index contributed by atoms with van der Waals surface area (Å²) in [5.41, 5.74) is 2.01. The van der Waals surface area contributed by atoms with E-state index in [1.165, 1.54) is 10.8 Å². The van der Waals surface area contributed by atoms with Crippen LogP contribution in [0.3, 0.4) is 0 Å². The molecular formula is C24H24N4O2S. The van der Waals surface area contributed by atoms with Crippen molar-refractivity contribution in [1.82, 2.24) is 14.9 Å². The molecule has 0 fully saturated rings. The van der Waals surface area contributed by atoms with Gasteiger partial charge in [-0.1, -0.05) is 49.4 Å². The maximum Gasteiger partial charge on any atom is 0.216 e. The second-order valence-electron chi connectivity index (χ2n) is 6.92. The Balaban J connectivity index is 1.56. The van der Waals surface area contributed by atoms with E-state index in [0.29, 0.717) is 29.5 Å². The van der Waals surface area contributed by atoms with Crippen molar-refractivity contribution >= 4 is 29.2 Å². The number of rotatable bonds is 8. The Labute approximate surface area is 186 Å². The number of aryl methyl sites for hydroxylation is 1. The molecule has 31 heavy (non-hydrogen) atoms. The van der Waals surface area contributed by atoms with E-state index in [1.807, 2.05) is 44.2 Å². The third-order valence-electron chi connectivity index (χ3n) is 4.89. The summed E-state index contributed by atoms with van der Waals surface area (Å²) in [5.74, 6) is 2.15. The highest BCUT2D eigenvalue weighted by molar-refractivity contribution is 7.71. The molecule has 0 saturated heterocycles. The minimum Gasteiger partial charge on any atom is -0.490 e. The molecule has 1 N–H and O–H groups in total. The average Bonchev–Trinajstić information content (AvgIpc) is 3.16. The molecule has 1 heterocycles. The first-order chi connectivity index (χ1) is 15.2. The molecular weight excluding hydrogens is 408 g/mol. The smallest absolute Gasteiger partial charge is 0.216 e. The molecule has 4 rings (SSSR count). The maximum absolute atomic E-state index is 6.14. The van der Waals surface area contributed by atoms with E-state index < -0.39 is 0 Å². The monoisotopic (exact) mass is 432 g/mol. The Hall–Kier alpha value is -3.45. The zero-order valence-corrected chi connectivity index (χ0v) is 18.4. The lowest BCUT2D eigenvalue weighted by molar-refractivity contribution is 0.270. The van der Waals surface area contributed by atoms with E-state index in [-0.39, 0.29) is 0 Å². The van der Waals surface area contributed by atoms with Gasteiger partial charge in [0.15, 0.2) is 17.3 Å². The van der Waals surface area contributed by atoms with Gasteiger partial charge in [0.05, 0.1) is 12.8 Å². The first-order valence-corrected chi connectivity index (χ1v) is 10.7. The van der Waals surface area contributed by atoms with Gasteiger partial charge in [-0.15, -0.1) is 0 Å². The highest BCUT2D eigenvalue weighted by Gasteiger charge is 2.08. The summed E-state index contributed by atoms with van der Waals surface area (Å²) in [5, 5.41) is 13.8. The summed E-state index contributed by atoms with van der Waals surface area (Å²) in [6, 6.07) is 20.3. The minimum absolute atomic E-state index is 0.457. The zero-order chi connectivity index (χ0) is 21.6. The Morgan fingerprint density at radius 1 is 1.03 bits per heavy atom. The number of hydrogen-bond acceptors (Lipinski definition) is 5. The van der Waals surface area contributed by atoms with Gasteiger partial charge in [-0.05, 0) is 59.2 Å². The van der Waals surface area contributed by atoms with Crippen LogP contribution in [0.2, 0.25) is 0 Å². The molecule has 0 aliphatic heterocycles. The first kappa shape index (κ1) is 20.8. The molecule has 0 aliphatic carbocycles. The number of nitrogens with one attached hydrogen (secondary N) is 1. The van der Waals surface area contributed by atoms with Gasteiger partial charge >= 0.3 is 0 Å². The standard InChI is InChI=1S/C24H24N4O2S/c1-3-23-26-27-24(31)28(23)25-15-17-12-13-21(22(14-17)29-4-2)30-16-19-10-7-9-18-8-5-6-11-20(18)19/h5-15H,3-4,16H2,1-2H3,(H,27,31)/b25-15-. The van der Waals surface area contributed by atoms with Gasteiger partial charge in [0.25, 0.3) is 0 Å². The topological polar surface area (TPSA) is 64.4 Å². The van der Waals surface area contributed by atoms with Crippen LogP contribution < -0.4 is 9.47 Å². The molecule has 0 bridgehead atoms. The Morgan fingerprint density at radius 3 is 2.71 bits per heavy atom. The Morgan fingerprint density at radius 2 is 1.87 bits per heavy atom. The van der Waals surface area contributed by atoms with Crippen LogP contribution >= 0.6 is 12.2 Å². The molecule has 4 aromatic rings. The van der Waals surface area contributed by atoms with E-state index in [1.54, 1.807) is 10.9 Å². The van der Waals surface area contributed by atoms with Crippen molar-refractivity contribution in [3.05, 3.63) is 82.4 Å². The van der Waals surface area contributed by atoms with Gasteiger partial charge in [-0.3, -0.25) is 5.10 Å². The number of hydrogen-bond donors (Lipinski definition) is 1. The molecule has 3 aromatic carbocycles. The van der Waals surface area contributed by atoms with Crippen molar-refractivity contribution in [3.8, 4) is 11.5 Å². The second-order valence-corrected chi connectivity index (χ2v) is 7.31. The number of nitrogens with zero attached hydrogens (tertiary/aromatic N) is 3. The van der Waals surface area contributed by atoms with Gasteiger partial charge in [0.2, 0.25) is 4.77 Å². The minimum atomic E-state index is 0.457. The van der Waals surface area contributed by atoms with E-state index >= 15 is 0 Å². The van der Waals surface area contributed by atoms with Crippen molar-refractivity contribution in [3.63, 3.8) is 0 Å². The number of aromatic nitrogens is 3. The lowest BCUT2D eigenvalue weighted by Gasteiger charge is -2.13. The summed E-state index contributed by atoms with van der Waals surface area (Å²) < 4.78 is 14.1. The van der Waals surface area contributed by atoms with Crippen LogP contribution in [0.1, 0.15) is 30.8 Å². The molecule has 0 radical (unpaired) electrons. The maximum atomic E-state index is 6.14. The fourth-order valence-corrected chi connectivity index (χ4v) is 3.56. The number of ether oxygens (including phenoxy) is 2. The summed E-state index contributed by atoms with van der Waals surface area (Å²) in [6.45, 7) is 4.96. The van der Waals surface area contributed by atoms with Gasteiger partial charge in [-0.25, -0.2) is 0 Å². The van der Waals surface area contributed by atoms with Crippen LogP contribution in [0, 0.1) is 4.77 Å². The largest absolute Gasteiger partial charge is 0.490 e. The number of aromatic amines is 1. The predicted molar refractivity (Wildman–Crippen MR) is 126 cm³/mol. The molecule has 6 nitrogen and oxygen atoms in total. The number of fused-ring (bicyclic) bond motifs is 1. The molecule has 1 aromatic heterocycles. The van der Waals surface area contributed by atoms with Crippen LogP contribution in [0.15, 0.2) is 65.8 Å². The zero-order valence-electron chi connectivity index (χ0n) is 17.5. The van der Waals surface area contributed by atoms with Crippen molar-refractivity contribution in [1.29, 1.82) is 0 Å². The fraction of sp³-hybridized carbons (Fsp3) is 0.208. The third-order valence-corrected chi connectivity index (χ3v) is 5.15. The fourth-order valence-electron chi connectivity index (χ4n) is 3.36. The van der Waals surface area contributed by atoms with Crippen molar-refractivity contribution in [2.75, 3.05) is 6.61 Å². The quantitative estimate of drug-likeness (QED) is 0.294. The normalized spacial score (nSPS) is 11.3. The van der Waals surface area contributed by atoms with Crippen LogP contribution in [-0.2, 0) is 13.0 Å². The van der Waals surface area contributed by atoms with Crippen LogP contribution in [0.4, 0.5) is 0 Å². The highest BCUT2D eigenvalue weighted by Crippen LogP contribution is 2.30. The first-order valence-electron chi connectivity index (χ1n) is 10.3. The molecule has 0 atom stereocenters. The Kier molecular flexibility index (Phi) is 6.43. The lowest BCUT2D eigenvalue weighted by Crippen LogP contribution is -2.01. The van der Waals surface area contributed by atoms with Gasteiger partial charge < -0.3 is 9.47 Å². The highest BCUT2D eigenvalue weighted by atomic mass is 32.1. The molecule has 0 aliphatic rings. The van der Waals surface area contributed by atoms with E-state index in [9.17, 15) is 0 Å². The van der Waals surface area contributed by atoms with E-state index in [2.05, 4.69) is 45.6 Å². The SMILES string of the molecule is CCOc1cc(/C=N\n2c(CC)n[nH]c2=S)ccc1OCc1cccc2ccccc12. The molecule has 0 unspecified atom stereocenters. The van der Waals surface area contributed by atoms with Crippen molar-refractivity contribution in [2.24, 2.45) is 5.10 Å². The summed E-state index contributed by atoms with van der Waals surface area (Å²) >= 11 is 5.24. The molecule has 0 spiro atoms. The summed E-state index contributed by atoms with van der Waals surface area (Å²) in [6.07, 6.45) is 2.47. The Bertz CT molecular complexity index is 1270. The molecule has 0 amide bonds. The van der Waals surface area contributed by atoms with Gasteiger partial charge in [0.1, 0.15) is 6.61 Å². The van der Waals surface area contributed by atoms with E-state index in [0.717, 1.165) is 23.4 Å². The van der Waals surface area contributed by atoms with Crippen LogP contribution in [0.25, 0.3) is 10.8 Å². The second kappa shape index (κ2) is 9.57. The van der Waals surface area contributed by atoms with Crippen LogP contribution in [-0.4, -0.2) is 27.7 Å². The van der Waals surface area contributed by atoms with Gasteiger partial charge in [-0.2, -0.15) is 14.9 Å². The van der Waals surface area contributed by atoms with Gasteiger partial charge in [0, 0.05) is 6.42 Å². The van der Waals surface area contributed by atoms with Crippen LogP contribution in [0.5, 0.6) is 11.5 Å². The summed E-state index contributed by atoms with van der Waals surface area (Å²) in [4.78, 5) is 0. The summed E-state index contributed by atoms with van der Waals surface area (Å²) in [7, 11) is 0. The van der Waals surface area contributed by atoms with Crippen molar-refractivity contribution in [2.45, 2.75) is 26.9 Å². The molecule has 7 heteroatoms. The average molecular weight is 433 g/mol. The number of H-pyrrole nitrogens is 1. The molecule has 0 saturated carbocycles. The lowest BCUT2D eigenvalue weighted by atomic mass is 10.1. The molecule has 158 valence electrons. The third kappa shape index (κ3) is 4.67. The van der Waals surface area contributed by atoms with Crippen molar-refractivity contribution < 1.29 is 9.47 Å². The predicted octanol–water partition coefficient (Wildman–Crippen LogP) is 5.52. The van der Waals surface area contributed by atoms with E-state index in [4.69, 9.17) is 21.7 Å². The number of benzene rings is 3.